The molecule has 16 heavy (non-hydrogen) atoms. The van der Waals surface area contributed by atoms with E-state index in [9.17, 15) is 4.79 Å². The van der Waals surface area contributed by atoms with Gasteiger partial charge >= 0.3 is 0 Å². The molecule has 3 rings (SSSR count). The van der Waals surface area contributed by atoms with Gasteiger partial charge in [-0.25, -0.2) is 0 Å². The van der Waals surface area contributed by atoms with Gasteiger partial charge in [-0.05, 0) is 23.8 Å². The van der Waals surface area contributed by atoms with E-state index in [0.717, 1.165) is 11.1 Å². The second-order valence-electron chi connectivity index (χ2n) is 3.60. The Morgan fingerprint density at radius 2 is 2.00 bits per heavy atom. The van der Waals surface area contributed by atoms with E-state index in [1.165, 1.54) is 0 Å². The van der Waals surface area contributed by atoms with Crippen LogP contribution in [0.1, 0.15) is 21.6 Å². The maximum atomic E-state index is 12.0. The van der Waals surface area contributed by atoms with Gasteiger partial charge in [-0.1, -0.05) is 12.1 Å². The normalized spacial score (nSPS) is 11.8. The van der Waals surface area contributed by atoms with Gasteiger partial charge in [0.2, 0.25) is 5.78 Å². The predicted octanol–water partition coefficient (Wildman–Crippen LogP) is 2.16. The van der Waals surface area contributed by atoms with Gasteiger partial charge in [0, 0.05) is 17.3 Å². The van der Waals surface area contributed by atoms with Crippen LogP contribution in [0.25, 0.3) is 11.1 Å². The van der Waals surface area contributed by atoms with E-state index in [-0.39, 0.29) is 5.78 Å². The number of fused-ring (bicyclic) bond motifs is 3. The molecular formula is C13H6N2O. The molecule has 0 saturated carbocycles. The number of hydrogen-bond acceptors (Lipinski definition) is 3. The molecule has 0 aliphatic heterocycles. The number of rotatable bonds is 0. The summed E-state index contributed by atoms with van der Waals surface area (Å²) in [5.74, 6) is -0.0947. The van der Waals surface area contributed by atoms with Crippen LogP contribution < -0.4 is 0 Å². The van der Waals surface area contributed by atoms with Gasteiger partial charge in [-0.15, -0.1) is 0 Å². The van der Waals surface area contributed by atoms with Crippen LogP contribution in [-0.2, 0) is 0 Å². The Morgan fingerprint density at radius 3 is 2.81 bits per heavy atom. The Labute approximate surface area is 92.0 Å². The van der Waals surface area contributed by atoms with Gasteiger partial charge in [0.05, 0.1) is 11.6 Å². The van der Waals surface area contributed by atoms with Crippen molar-refractivity contribution in [2.24, 2.45) is 0 Å². The lowest BCUT2D eigenvalue weighted by molar-refractivity contribution is 0.103. The summed E-state index contributed by atoms with van der Waals surface area (Å²) in [5, 5.41) is 8.80. The van der Waals surface area contributed by atoms with Crippen molar-refractivity contribution in [3.05, 3.63) is 53.3 Å². The van der Waals surface area contributed by atoms with E-state index in [1.54, 1.807) is 30.5 Å². The number of ketones is 1. The molecule has 1 aromatic carbocycles. The van der Waals surface area contributed by atoms with Crippen molar-refractivity contribution in [2.75, 3.05) is 0 Å². The number of pyridine rings is 1. The summed E-state index contributed by atoms with van der Waals surface area (Å²) in [4.78, 5) is 16.1. The molecule has 3 heteroatoms. The Balaban J connectivity index is 2.34. The lowest BCUT2D eigenvalue weighted by Gasteiger charge is -1.97. The number of aromatic nitrogens is 1. The Kier molecular flexibility index (Phi) is 1.66. The standard InChI is InChI=1S/C13H6N2O/c14-7-8-3-4-9-10-2-1-5-15-12(10)13(16)11(9)6-8/h1-6H. The van der Waals surface area contributed by atoms with Crippen LogP contribution >= 0.6 is 0 Å². The molecule has 0 fully saturated rings. The predicted molar refractivity (Wildman–Crippen MR) is 57.8 cm³/mol. The first-order chi connectivity index (χ1) is 7.81. The average Bonchev–Trinajstić information content (AvgIpc) is 2.64. The summed E-state index contributed by atoms with van der Waals surface area (Å²) >= 11 is 0. The zero-order chi connectivity index (χ0) is 11.1. The van der Waals surface area contributed by atoms with Gasteiger partial charge in [0.15, 0.2) is 0 Å². The van der Waals surface area contributed by atoms with E-state index in [2.05, 4.69) is 4.98 Å². The van der Waals surface area contributed by atoms with E-state index < -0.39 is 0 Å². The van der Waals surface area contributed by atoms with Crippen LogP contribution in [0.15, 0.2) is 36.5 Å². The van der Waals surface area contributed by atoms with Crippen LogP contribution in [0.3, 0.4) is 0 Å². The molecule has 0 amide bonds. The van der Waals surface area contributed by atoms with Crippen LogP contribution in [0.4, 0.5) is 0 Å². The molecule has 1 heterocycles. The molecule has 3 nitrogen and oxygen atoms in total. The molecule has 1 aliphatic rings. The van der Waals surface area contributed by atoms with Gasteiger partial charge < -0.3 is 0 Å². The summed E-state index contributed by atoms with van der Waals surface area (Å²) in [7, 11) is 0. The third-order valence-electron chi connectivity index (χ3n) is 2.71. The summed E-state index contributed by atoms with van der Waals surface area (Å²) in [5.41, 5.74) is 3.28. The van der Waals surface area contributed by atoms with Gasteiger partial charge in [-0.2, -0.15) is 5.26 Å². The second-order valence-corrected chi connectivity index (χ2v) is 3.60. The van der Waals surface area contributed by atoms with Crippen LogP contribution in [0.5, 0.6) is 0 Å². The van der Waals surface area contributed by atoms with Crippen molar-refractivity contribution in [1.29, 1.82) is 5.26 Å². The largest absolute Gasteiger partial charge is 0.287 e. The highest BCUT2D eigenvalue weighted by Gasteiger charge is 2.27. The Morgan fingerprint density at radius 1 is 1.12 bits per heavy atom. The molecule has 2 aromatic rings. The molecule has 1 aromatic heterocycles. The lowest BCUT2D eigenvalue weighted by atomic mass is 10.0. The van der Waals surface area contributed by atoms with E-state index in [1.807, 2.05) is 12.1 Å². The maximum Gasteiger partial charge on any atom is 0.212 e. The zero-order valence-corrected chi connectivity index (χ0v) is 8.27. The second kappa shape index (κ2) is 3.01. The highest BCUT2D eigenvalue weighted by Crippen LogP contribution is 2.35. The number of hydrogen-bond donors (Lipinski definition) is 0. The van der Waals surface area contributed by atoms with Crippen molar-refractivity contribution >= 4 is 5.78 Å². The minimum Gasteiger partial charge on any atom is -0.287 e. The van der Waals surface area contributed by atoms with Gasteiger partial charge in [-0.3, -0.25) is 9.78 Å². The lowest BCUT2D eigenvalue weighted by Crippen LogP contribution is -1.97. The molecule has 74 valence electrons. The van der Waals surface area contributed by atoms with Crippen molar-refractivity contribution in [2.45, 2.75) is 0 Å². The fraction of sp³-hybridized carbons (Fsp3) is 0. The minimum absolute atomic E-state index is 0.0947. The fourth-order valence-corrected chi connectivity index (χ4v) is 1.97. The number of nitrogens with zero attached hydrogens (tertiary/aromatic N) is 2. The summed E-state index contributed by atoms with van der Waals surface area (Å²) in [6.45, 7) is 0. The Hall–Kier alpha value is -2.47. The third kappa shape index (κ3) is 1.01. The monoisotopic (exact) mass is 206 g/mol. The zero-order valence-electron chi connectivity index (χ0n) is 8.27. The average molecular weight is 206 g/mol. The topological polar surface area (TPSA) is 53.8 Å². The van der Waals surface area contributed by atoms with E-state index >= 15 is 0 Å². The SMILES string of the molecule is N#Cc1ccc2c(c1)C(=O)c1ncccc1-2. The van der Waals surface area contributed by atoms with Gasteiger partial charge in [0.25, 0.3) is 0 Å². The molecule has 0 bridgehead atoms. The summed E-state index contributed by atoms with van der Waals surface area (Å²) in [6, 6.07) is 10.9. The van der Waals surface area contributed by atoms with Crippen molar-refractivity contribution in [3.63, 3.8) is 0 Å². The first kappa shape index (κ1) is 8.81. The summed E-state index contributed by atoms with van der Waals surface area (Å²) in [6.07, 6.45) is 1.60. The van der Waals surface area contributed by atoms with Crippen LogP contribution in [-0.4, -0.2) is 10.8 Å². The van der Waals surface area contributed by atoms with Crippen molar-refractivity contribution in [3.8, 4) is 17.2 Å². The maximum absolute atomic E-state index is 12.0. The van der Waals surface area contributed by atoms with Crippen molar-refractivity contribution < 1.29 is 4.79 Å². The molecule has 0 unspecified atom stereocenters. The third-order valence-corrected chi connectivity index (χ3v) is 2.71. The van der Waals surface area contributed by atoms with E-state index in [4.69, 9.17) is 5.26 Å². The number of carbonyl (C=O) groups is 1. The van der Waals surface area contributed by atoms with Gasteiger partial charge in [0.1, 0.15) is 5.69 Å². The van der Waals surface area contributed by atoms with Crippen LogP contribution in [0.2, 0.25) is 0 Å². The number of nitriles is 1. The molecule has 1 aliphatic carbocycles. The quantitative estimate of drug-likeness (QED) is 0.566. The first-order valence-corrected chi connectivity index (χ1v) is 4.85. The smallest absolute Gasteiger partial charge is 0.212 e. The first-order valence-electron chi connectivity index (χ1n) is 4.85. The number of carbonyl (C=O) groups excluding carboxylic acids is 1. The summed E-state index contributed by atoms with van der Waals surface area (Å²) < 4.78 is 0. The minimum atomic E-state index is -0.0947. The molecule has 0 N–H and O–H groups in total. The Bertz CT molecular complexity index is 653. The number of benzene rings is 1. The highest BCUT2D eigenvalue weighted by atomic mass is 16.1. The molecule has 0 saturated heterocycles. The fourth-order valence-electron chi connectivity index (χ4n) is 1.97. The molecule has 0 spiro atoms. The van der Waals surface area contributed by atoms with E-state index in [0.29, 0.717) is 16.8 Å². The molecular weight excluding hydrogens is 200 g/mol. The molecule has 0 atom stereocenters. The molecule has 0 radical (unpaired) electrons. The van der Waals surface area contributed by atoms with Crippen molar-refractivity contribution in [1.82, 2.24) is 4.98 Å². The highest BCUT2D eigenvalue weighted by molar-refractivity contribution is 6.20. The van der Waals surface area contributed by atoms with Crippen LogP contribution in [0, 0.1) is 11.3 Å².